The molecule has 4 nitrogen and oxygen atoms in total. The molecule has 0 saturated carbocycles. The molecule has 0 aliphatic rings. The number of hydrogen-bond donors (Lipinski definition) is 1. The normalized spacial score (nSPS) is 13.1. The zero-order chi connectivity index (χ0) is 6.41. The van der Waals surface area contributed by atoms with Crippen LogP contribution in [0.3, 0.4) is 0 Å². The lowest BCUT2D eigenvalue weighted by Crippen LogP contribution is -2.17. The second kappa shape index (κ2) is 4.89. The van der Waals surface area contributed by atoms with E-state index in [2.05, 4.69) is 0 Å². The molecule has 0 radical (unpaired) electrons. The molecule has 0 aromatic heterocycles. The second-order valence-corrected chi connectivity index (χ2v) is 1.84. The zero-order valence-electron chi connectivity index (χ0n) is 4.12. The summed E-state index contributed by atoms with van der Waals surface area (Å²) >= 11 is -2.23. The summed E-state index contributed by atoms with van der Waals surface area (Å²) < 4.78 is 21.3. The van der Waals surface area contributed by atoms with Crippen LogP contribution in [0.1, 0.15) is 6.42 Å². The summed E-state index contributed by atoms with van der Waals surface area (Å²) in [7, 11) is 0. The van der Waals surface area contributed by atoms with E-state index < -0.39 is 11.3 Å². The van der Waals surface area contributed by atoms with Gasteiger partial charge in [-0.2, -0.15) is 0 Å². The van der Waals surface area contributed by atoms with E-state index in [0.29, 0.717) is 6.29 Å². The number of rotatable bonds is 4. The molecule has 0 aliphatic carbocycles. The van der Waals surface area contributed by atoms with Gasteiger partial charge in [0.05, 0.1) is 0 Å². The molecule has 0 heterocycles. The van der Waals surface area contributed by atoms with Gasteiger partial charge in [0.25, 0.3) is 0 Å². The van der Waals surface area contributed by atoms with Crippen LogP contribution in [-0.2, 0) is 16.1 Å². The summed E-state index contributed by atoms with van der Waals surface area (Å²) in [4.78, 5) is 9.55. The lowest BCUT2D eigenvalue weighted by molar-refractivity contribution is -0.107. The molecule has 0 aromatic rings. The summed E-state index contributed by atoms with van der Waals surface area (Å²) in [6.07, 6.45) is 0.883. The van der Waals surface area contributed by atoms with Crippen molar-refractivity contribution in [2.75, 3.05) is 6.54 Å². The van der Waals surface area contributed by atoms with E-state index >= 15 is 0 Å². The Balaban J connectivity index is 2.93. The van der Waals surface area contributed by atoms with Crippen LogP contribution in [0.4, 0.5) is 0 Å². The van der Waals surface area contributed by atoms with Crippen LogP contribution < -0.4 is 4.72 Å². The Hall–Kier alpha value is -0.260. The minimum atomic E-state index is -2.23. The lowest BCUT2D eigenvalue weighted by atomic mass is 10.5. The van der Waals surface area contributed by atoms with Crippen molar-refractivity contribution in [3.8, 4) is 0 Å². The number of nitrogens with one attached hydrogen (secondary N) is 1. The van der Waals surface area contributed by atoms with E-state index in [-0.39, 0.29) is 13.0 Å². The van der Waals surface area contributed by atoms with Crippen LogP contribution >= 0.6 is 0 Å². The standard InChI is InChI=1S/C3H7NO3S/c5-3-1-2-4-8(6)7/h3-4H,1-2H2,(H,6,7)/p-1. The van der Waals surface area contributed by atoms with Crippen molar-refractivity contribution in [1.82, 2.24) is 4.72 Å². The fraction of sp³-hybridized carbons (Fsp3) is 0.667. The smallest absolute Gasteiger partial charge is 0.121 e. The zero-order valence-corrected chi connectivity index (χ0v) is 4.94. The molecule has 5 heteroatoms. The molecule has 0 fully saturated rings. The highest BCUT2D eigenvalue weighted by atomic mass is 32.2. The number of carbonyl (C=O) groups is 1. The molecular formula is C3H6NO3S-. The fourth-order valence-electron chi connectivity index (χ4n) is 0.201. The van der Waals surface area contributed by atoms with E-state index in [1.165, 1.54) is 0 Å². The van der Waals surface area contributed by atoms with Gasteiger partial charge in [0.1, 0.15) is 6.29 Å². The van der Waals surface area contributed by atoms with Gasteiger partial charge < -0.3 is 9.35 Å². The molecule has 48 valence electrons. The lowest BCUT2D eigenvalue weighted by Gasteiger charge is -2.02. The summed E-state index contributed by atoms with van der Waals surface area (Å²) in [6, 6.07) is 0. The number of carbonyl (C=O) groups excluding carboxylic acids is 1. The van der Waals surface area contributed by atoms with Crippen molar-refractivity contribution < 1.29 is 13.6 Å². The fourth-order valence-corrected chi connectivity index (χ4v) is 0.486. The van der Waals surface area contributed by atoms with Crippen molar-refractivity contribution >= 4 is 17.6 Å². The second-order valence-electron chi connectivity index (χ2n) is 1.08. The maximum Gasteiger partial charge on any atom is 0.121 e. The maximum absolute atomic E-state index is 9.65. The largest absolute Gasteiger partial charge is 0.760 e. The van der Waals surface area contributed by atoms with Gasteiger partial charge in [-0.1, -0.05) is 0 Å². The van der Waals surface area contributed by atoms with E-state index in [9.17, 15) is 13.6 Å². The van der Waals surface area contributed by atoms with Gasteiger partial charge in [-0.3, -0.25) is 4.21 Å². The molecule has 8 heavy (non-hydrogen) atoms. The third-order valence-corrected chi connectivity index (χ3v) is 0.922. The maximum atomic E-state index is 9.65. The van der Waals surface area contributed by atoms with Gasteiger partial charge in [-0.05, 0) is 0 Å². The average Bonchev–Trinajstić information content (AvgIpc) is 1.66. The van der Waals surface area contributed by atoms with Crippen molar-refractivity contribution in [2.24, 2.45) is 0 Å². The Morgan fingerprint density at radius 1 is 1.75 bits per heavy atom. The molecule has 0 aliphatic heterocycles. The first-order valence-electron chi connectivity index (χ1n) is 2.03. The number of hydrogen-bond acceptors (Lipinski definition) is 3. The number of aldehydes is 1. The quantitative estimate of drug-likeness (QED) is 0.305. The molecular weight excluding hydrogens is 130 g/mol. The van der Waals surface area contributed by atoms with E-state index in [4.69, 9.17) is 0 Å². The summed E-state index contributed by atoms with van der Waals surface area (Å²) in [5.41, 5.74) is 0. The van der Waals surface area contributed by atoms with Crippen molar-refractivity contribution in [3.05, 3.63) is 0 Å². The predicted octanol–water partition coefficient (Wildman–Crippen LogP) is -1.04. The van der Waals surface area contributed by atoms with Gasteiger partial charge in [0, 0.05) is 24.2 Å². The predicted molar refractivity (Wildman–Crippen MR) is 27.6 cm³/mol. The van der Waals surface area contributed by atoms with Crippen molar-refractivity contribution in [2.45, 2.75) is 6.42 Å². The monoisotopic (exact) mass is 136 g/mol. The third-order valence-electron chi connectivity index (χ3n) is 0.482. The minimum absolute atomic E-state index is 0.194. The van der Waals surface area contributed by atoms with E-state index in [0.717, 1.165) is 0 Å². The first-order valence-corrected chi connectivity index (χ1v) is 3.11. The summed E-state index contributed by atoms with van der Waals surface area (Å²) in [6.45, 7) is 0.194. The van der Waals surface area contributed by atoms with Gasteiger partial charge in [0.15, 0.2) is 0 Å². The highest BCUT2D eigenvalue weighted by Crippen LogP contribution is 1.67. The van der Waals surface area contributed by atoms with Crippen molar-refractivity contribution in [1.29, 1.82) is 0 Å². The first-order chi connectivity index (χ1) is 3.77. The molecule has 0 bridgehead atoms. The van der Waals surface area contributed by atoms with Crippen LogP contribution in [-0.4, -0.2) is 21.6 Å². The molecule has 1 unspecified atom stereocenters. The van der Waals surface area contributed by atoms with Crippen LogP contribution in [0.5, 0.6) is 0 Å². The average molecular weight is 136 g/mol. The Morgan fingerprint density at radius 2 is 2.38 bits per heavy atom. The Kier molecular flexibility index (Phi) is 4.73. The first kappa shape index (κ1) is 7.74. The van der Waals surface area contributed by atoms with Crippen LogP contribution in [0.2, 0.25) is 0 Å². The Morgan fingerprint density at radius 3 is 2.75 bits per heavy atom. The Bertz CT molecular complexity index is 94.5. The van der Waals surface area contributed by atoms with E-state index in [1.807, 2.05) is 4.72 Å². The van der Waals surface area contributed by atoms with Crippen LogP contribution in [0.25, 0.3) is 0 Å². The van der Waals surface area contributed by atoms with Gasteiger partial charge >= 0.3 is 0 Å². The van der Waals surface area contributed by atoms with Crippen molar-refractivity contribution in [3.63, 3.8) is 0 Å². The van der Waals surface area contributed by atoms with E-state index in [1.54, 1.807) is 0 Å². The Labute approximate surface area is 49.7 Å². The molecule has 0 spiro atoms. The van der Waals surface area contributed by atoms with Crippen LogP contribution in [0, 0.1) is 0 Å². The molecule has 0 saturated heterocycles. The minimum Gasteiger partial charge on any atom is -0.760 e. The van der Waals surface area contributed by atoms with Gasteiger partial charge in [-0.15, -0.1) is 0 Å². The van der Waals surface area contributed by atoms with Gasteiger partial charge in [-0.25, -0.2) is 4.72 Å². The molecule has 1 N–H and O–H groups in total. The molecule has 0 aromatic carbocycles. The van der Waals surface area contributed by atoms with Crippen LogP contribution in [0.15, 0.2) is 0 Å². The molecule has 0 rings (SSSR count). The topological polar surface area (TPSA) is 69.2 Å². The molecule has 1 atom stereocenters. The SMILES string of the molecule is O=CCCNS(=O)[O-]. The highest BCUT2D eigenvalue weighted by Gasteiger charge is 1.80. The summed E-state index contributed by atoms with van der Waals surface area (Å²) in [5, 5.41) is 0. The summed E-state index contributed by atoms with van der Waals surface area (Å²) in [5.74, 6) is 0. The van der Waals surface area contributed by atoms with Gasteiger partial charge in [0.2, 0.25) is 0 Å². The molecule has 0 amide bonds. The highest BCUT2D eigenvalue weighted by molar-refractivity contribution is 7.77. The third kappa shape index (κ3) is 5.74.